The highest BCUT2D eigenvalue weighted by Gasteiger charge is 2.38. The molecule has 0 spiro atoms. The second-order valence-corrected chi connectivity index (χ2v) is 15.8. The van der Waals surface area contributed by atoms with Crippen LogP contribution in [0.15, 0.2) is 102 Å². The number of carbonyl (C=O) groups excluding carboxylic acids is 3. The number of nitrogens with one attached hydrogen (secondary N) is 3. The number of benzene rings is 4. The Morgan fingerprint density at radius 3 is 1.73 bits per heavy atom. The van der Waals surface area contributed by atoms with Crippen molar-refractivity contribution in [1.82, 2.24) is 35.1 Å². The van der Waals surface area contributed by atoms with Gasteiger partial charge in [-0.1, -0.05) is 60.7 Å². The molecule has 4 atom stereocenters. The van der Waals surface area contributed by atoms with E-state index in [9.17, 15) is 14.4 Å². The van der Waals surface area contributed by atoms with Crippen molar-refractivity contribution in [2.75, 3.05) is 63.3 Å². The van der Waals surface area contributed by atoms with Gasteiger partial charge in [0.05, 0.1) is 48.4 Å². The summed E-state index contributed by atoms with van der Waals surface area (Å²) in [7, 11) is 2.68. The number of aromatic nitrogens is 4. The van der Waals surface area contributed by atoms with Gasteiger partial charge in [0, 0.05) is 50.6 Å². The predicted octanol–water partition coefficient (Wildman–Crippen LogP) is 6.54. The SMILES string of the molecule is COOC=N[C@@H](C(=O)N1CCC[C@H]1c1nc2ccc(N3CCN(c4ccc5nc([C@@H]6CCCN6C(=O)[C@@H](NC(=O)OC)c6ccccc6)[nH]c5c4)CC3)cc2[nH]1)c1ccccc1. The molecule has 16 nitrogen and oxygen atoms in total. The molecule has 3 amide bonds. The first-order valence-electron chi connectivity index (χ1n) is 21.1. The van der Waals surface area contributed by atoms with E-state index in [0.717, 1.165) is 103 Å². The number of amides is 3. The first kappa shape index (κ1) is 40.5. The molecule has 4 aromatic carbocycles. The Morgan fingerprint density at radius 2 is 1.21 bits per heavy atom. The third kappa shape index (κ3) is 8.25. The summed E-state index contributed by atoms with van der Waals surface area (Å²) in [5, 5.41) is 2.74. The maximum Gasteiger partial charge on any atom is 0.407 e. The number of hydrogen-bond donors (Lipinski definition) is 3. The van der Waals surface area contributed by atoms with Crippen LogP contribution in [0, 0.1) is 0 Å². The van der Waals surface area contributed by atoms with Crippen LogP contribution in [0.4, 0.5) is 16.2 Å². The Hall–Kier alpha value is -6.94. The fourth-order valence-electron chi connectivity index (χ4n) is 9.09. The molecule has 3 fully saturated rings. The summed E-state index contributed by atoms with van der Waals surface area (Å²) in [6.45, 7) is 4.50. The molecule has 2 aromatic heterocycles. The maximum absolute atomic E-state index is 14.0. The number of H-pyrrole nitrogens is 2. The van der Waals surface area contributed by atoms with Crippen LogP contribution in [0.5, 0.6) is 0 Å². The maximum atomic E-state index is 14.0. The summed E-state index contributed by atoms with van der Waals surface area (Å²) < 4.78 is 4.86. The summed E-state index contributed by atoms with van der Waals surface area (Å²) >= 11 is 0. The molecular weight excluding hydrogens is 789 g/mol. The summed E-state index contributed by atoms with van der Waals surface area (Å²) in [6, 6.07) is 29.3. The van der Waals surface area contributed by atoms with E-state index < -0.39 is 18.2 Å². The first-order valence-corrected chi connectivity index (χ1v) is 21.1. The smallest absolute Gasteiger partial charge is 0.407 e. The number of alkyl carbamates (subject to hydrolysis) is 1. The summed E-state index contributed by atoms with van der Waals surface area (Å²) in [5.41, 5.74) is 7.23. The molecule has 0 aliphatic carbocycles. The minimum absolute atomic E-state index is 0.114. The third-order valence-corrected chi connectivity index (χ3v) is 12.2. The van der Waals surface area contributed by atoms with Gasteiger partial charge in [0.15, 0.2) is 6.04 Å². The van der Waals surface area contributed by atoms with Gasteiger partial charge >= 0.3 is 6.09 Å². The average Bonchev–Trinajstić information content (AvgIpc) is 4.15. The number of imidazole rings is 2. The molecule has 320 valence electrons. The largest absolute Gasteiger partial charge is 0.453 e. The molecule has 16 heteroatoms. The molecule has 3 N–H and O–H groups in total. The molecule has 0 saturated carbocycles. The van der Waals surface area contributed by atoms with Gasteiger partial charge in [0.1, 0.15) is 17.7 Å². The number of fused-ring (bicyclic) bond motifs is 2. The molecule has 62 heavy (non-hydrogen) atoms. The normalized spacial score (nSPS) is 19.1. The van der Waals surface area contributed by atoms with Crippen molar-refractivity contribution in [3.63, 3.8) is 0 Å². The fraction of sp³-hybridized carbons (Fsp3) is 0.348. The van der Waals surface area contributed by atoms with Gasteiger partial charge in [-0.3, -0.25) is 9.59 Å². The lowest BCUT2D eigenvalue weighted by atomic mass is 10.1. The monoisotopic (exact) mass is 838 g/mol. The van der Waals surface area contributed by atoms with Crippen molar-refractivity contribution in [2.24, 2.45) is 4.99 Å². The lowest BCUT2D eigenvalue weighted by Crippen LogP contribution is -2.46. The Kier molecular flexibility index (Phi) is 11.7. The van der Waals surface area contributed by atoms with Crippen molar-refractivity contribution in [3.8, 4) is 0 Å². The lowest BCUT2D eigenvalue weighted by Gasteiger charge is -2.37. The zero-order valence-corrected chi connectivity index (χ0v) is 34.8. The molecule has 0 radical (unpaired) electrons. The van der Waals surface area contributed by atoms with Crippen LogP contribution >= 0.6 is 0 Å². The van der Waals surface area contributed by atoms with Crippen molar-refractivity contribution in [3.05, 3.63) is 120 Å². The zero-order chi connectivity index (χ0) is 42.6. The van der Waals surface area contributed by atoms with E-state index in [2.05, 4.69) is 65.3 Å². The van der Waals surface area contributed by atoms with Gasteiger partial charge in [-0.05, 0) is 73.2 Å². The Balaban J connectivity index is 0.858. The minimum Gasteiger partial charge on any atom is -0.453 e. The summed E-state index contributed by atoms with van der Waals surface area (Å²) in [5.74, 6) is 1.20. The number of nitrogens with zero attached hydrogens (tertiary/aromatic N) is 7. The van der Waals surface area contributed by atoms with Gasteiger partial charge in [-0.15, -0.1) is 0 Å². The van der Waals surface area contributed by atoms with E-state index in [1.54, 1.807) is 0 Å². The Morgan fingerprint density at radius 1 is 0.694 bits per heavy atom. The highest BCUT2D eigenvalue weighted by molar-refractivity contribution is 5.88. The van der Waals surface area contributed by atoms with Gasteiger partial charge in [-0.25, -0.2) is 19.8 Å². The fourth-order valence-corrected chi connectivity index (χ4v) is 9.09. The van der Waals surface area contributed by atoms with Crippen molar-refractivity contribution in [1.29, 1.82) is 0 Å². The van der Waals surface area contributed by atoms with Crippen LogP contribution in [0.1, 0.15) is 72.6 Å². The molecular formula is C46H50N10O6. The van der Waals surface area contributed by atoms with Gasteiger partial charge in [0.2, 0.25) is 6.40 Å². The number of piperazine rings is 1. The molecule has 0 unspecified atom stereocenters. The molecule has 0 bridgehead atoms. The molecule has 6 aromatic rings. The molecule has 3 aliphatic rings. The number of ether oxygens (including phenoxy) is 1. The number of rotatable bonds is 12. The number of aromatic amines is 2. The van der Waals surface area contributed by atoms with Crippen molar-refractivity contribution < 1.29 is 28.9 Å². The van der Waals surface area contributed by atoms with Crippen LogP contribution in [0.2, 0.25) is 0 Å². The van der Waals surface area contributed by atoms with Crippen LogP contribution < -0.4 is 15.1 Å². The van der Waals surface area contributed by atoms with E-state index in [1.807, 2.05) is 76.5 Å². The van der Waals surface area contributed by atoms with Crippen LogP contribution in [0.3, 0.4) is 0 Å². The highest BCUT2D eigenvalue weighted by atomic mass is 17.2. The van der Waals surface area contributed by atoms with Crippen molar-refractivity contribution >= 4 is 57.7 Å². The number of aliphatic imine (C=N–C) groups is 1. The third-order valence-electron chi connectivity index (χ3n) is 12.2. The Labute approximate surface area is 358 Å². The van der Waals surface area contributed by atoms with E-state index >= 15 is 0 Å². The topological polar surface area (TPSA) is 174 Å². The van der Waals surface area contributed by atoms with Crippen LogP contribution in [-0.4, -0.2) is 108 Å². The number of anilines is 2. The lowest BCUT2D eigenvalue weighted by molar-refractivity contribution is -0.188. The first-order chi connectivity index (χ1) is 30.4. The van der Waals surface area contributed by atoms with E-state index in [0.29, 0.717) is 18.7 Å². The van der Waals surface area contributed by atoms with Crippen molar-refractivity contribution in [2.45, 2.75) is 49.9 Å². The standard InChI is InChI=1S/C46H50N10O6/c1-60-46(59)52-41(31-13-7-4-8-14-31)45(58)56-22-10-16-39(56)43-49-35-20-18-33(28-37(35)51-43)54-25-23-53(24-26-54)32-17-19-34-36(27-32)50-42(48-34)38-15-9-21-55(38)44(57)40(47-29-62-61-2)30-11-5-3-6-12-30/h3-8,11-14,17-20,27-29,38-41H,9-10,15-16,21-26H2,1-2H3,(H,48,50)(H,49,51)(H,52,59)/t38-,39-,40+,41-/m0/s1. The molecule has 9 rings (SSSR count). The second kappa shape index (κ2) is 18.0. The Bertz CT molecular complexity index is 2550. The van der Waals surface area contributed by atoms with Gasteiger partial charge in [0.25, 0.3) is 11.8 Å². The summed E-state index contributed by atoms with van der Waals surface area (Å²) in [6.07, 6.45) is 3.77. The minimum atomic E-state index is -0.875. The number of methoxy groups -OCH3 is 1. The molecule has 5 heterocycles. The number of carbonyl (C=O) groups is 3. The van der Waals surface area contributed by atoms with E-state index in [-0.39, 0.29) is 23.9 Å². The van der Waals surface area contributed by atoms with Gasteiger partial charge < -0.3 is 44.5 Å². The average molecular weight is 839 g/mol. The van der Waals surface area contributed by atoms with E-state index in [1.165, 1.54) is 20.6 Å². The van der Waals surface area contributed by atoms with Gasteiger partial charge in [-0.2, -0.15) is 4.89 Å². The molecule has 3 aliphatic heterocycles. The highest BCUT2D eigenvalue weighted by Crippen LogP contribution is 2.37. The molecule has 3 saturated heterocycles. The van der Waals surface area contributed by atoms with Crippen LogP contribution in [0.25, 0.3) is 22.1 Å². The second-order valence-electron chi connectivity index (χ2n) is 15.8. The summed E-state index contributed by atoms with van der Waals surface area (Å²) in [4.78, 5) is 79.8. The number of likely N-dealkylation sites (tertiary alicyclic amines) is 2. The zero-order valence-electron chi connectivity index (χ0n) is 34.8. The van der Waals surface area contributed by atoms with E-state index in [4.69, 9.17) is 19.6 Å². The predicted molar refractivity (Wildman–Crippen MR) is 234 cm³/mol. The van der Waals surface area contributed by atoms with Crippen LogP contribution in [-0.2, 0) is 24.1 Å². The quantitative estimate of drug-likeness (QED) is 0.0532. The number of hydrogen-bond acceptors (Lipinski definition) is 11.